The summed E-state index contributed by atoms with van der Waals surface area (Å²) in [5.74, 6) is 3.12. The molecule has 2 saturated carbocycles. The first kappa shape index (κ1) is 15.3. The molecule has 112 valence electrons. The van der Waals surface area contributed by atoms with Crippen LogP contribution in [-0.4, -0.2) is 37.1 Å². The first-order chi connectivity index (χ1) is 8.95. The fraction of sp³-hybridized carbons (Fsp3) is 1.00. The molecule has 4 atom stereocenters. The zero-order valence-electron chi connectivity index (χ0n) is 13.7. The molecule has 2 aliphatic carbocycles. The van der Waals surface area contributed by atoms with Gasteiger partial charge in [0.05, 0.1) is 0 Å². The minimum atomic E-state index is 0.247. The third-order valence-corrected chi connectivity index (χ3v) is 6.07. The molecule has 19 heavy (non-hydrogen) atoms. The second-order valence-electron chi connectivity index (χ2n) is 7.73. The second kappa shape index (κ2) is 6.13. The minimum Gasteiger partial charge on any atom is -0.312 e. The third-order valence-electron chi connectivity index (χ3n) is 6.07. The van der Waals surface area contributed by atoms with Gasteiger partial charge in [-0.25, -0.2) is 0 Å². The van der Waals surface area contributed by atoms with Gasteiger partial charge in [-0.1, -0.05) is 13.3 Å². The Kier molecular flexibility index (Phi) is 4.94. The summed E-state index contributed by atoms with van der Waals surface area (Å²) in [6.45, 7) is 8.22. The smallest absolute Gasteiger partial charge is 0.0300 e. The van der Waals surface area contributed by atoms with Gasteiger partial charge in [-0.3, -0.25) is 0 Å². The van der Waals surface area contributed by atoms with Crippen molar-refractivity contribution >= 4 is 0 Å². The Morgan fingerprint density at radius 1 is 1.21 bits per heavy atom. The average Bonchev–Trinajstić information content (AvgIpc) is 2.95. The van der Waals surface area contributed by atoms with Crippen LogP contribution in [0.3, 0.4) is 0 Å². The molecule has 0 amide bonds. The fourth-order valence-electron chi connectivity index (χ4n) is 4.22. The van der Waals surface area contributed by atoms with Crippen LogP contribution in [0.1, 0.15) is 59.3 Å². The lowest BCUT2D eigenvalue weighted by atomic mass is 9.79. The van der Waals surface area contributed by atoms with Crippen molar-refractivity contribution in [1.29, 1.82) is 0 Å². The molecule has 2 fully saturated rings. The Morgan fingerprint density at radius 2 is 1.95 bits per heavy atom. The summed E-state index contributed by atoms with van der Waals surface area (Å²) in [6.07, 6.45) is 8.69. The van der Waals surface area contributed by atoms with Crippen molar-refractivity contribution in [3.05, 3.63) is 0 Å². The van der Waals surface area contributed by atoms with E-state index in [1.54, 1.807) is 0 Å². The van der Waals surface area contributed by atoms with Crippen LogP contribution in [0.5, 0.6) is 0 Å². The molecule has 2 rings (SSSR count). The number of likely N-dealkylation sites (N-methyl/N-ethyl adjacent to an activating group) is 1. The normalized spacial score (nSPS) is 32.2. The molecule has 2 heteroatoms. The number of hydrogen-bond donors (Lipinski definition) is 1. The van der Waals surface area contributed by atoms with E-state index in [-0.39, 0.29) is 5.54 Å². The van der Waals surface area contributed by atoms with Crippen LogP contribution in [0.2, 0.25) is 0 Å². The summed E-state index contributed by atoms with van der Waals surface area (Å²) in [7, 11) is 4.45. The molecule has 0 aromatic carbocycles. The summed E-state index contributed by atoms with van der Waals surface area (Å²) in [5.41, 5.74) is 0.247. The Balaban J connectivity index is 1.97. The summed E-state index contributed by atoms with van der Waals surface area (Å²) in [6, 6.07) is 0.631. The molecular formula is C17H34N2. The van der Waals surface area contributed by atoms with Gasteiger partial charge >= 0.3 is 0 Å². The molecule has 1 N–H and O–H groups in total. The number of fused-ring (bicyclic) bond motifs is 2. The summed E-state index contributed by atoms with van der Waals surface area (Å²) >= 11 is 0. The molecule has 0 spiro atoms. The molecule has 0 saturated heterocycles. The van der Waals surface area contributed by atoms with Gasteiger partial charge in [0.2, 0.25) is 0 Å². The Labute approximate surface area is 120 Å². The van der Waals surface area contributed by atoms with Crippen molar-refractivity contribution in [3.8, 4) is 0 Å². The molecule has 0 aliphatic heterocycles. The predicted octanol–water partition coefficient (Wildman–Crippen LogP) is 3.52. The zero-order valence-corrected chi connectivity index (χ0v) is 13.7. The highest BCUT2D eigenvalue weighted by molar-refractivity contribution is 4.97. The molecule has 0 aromatic heterocycles. The maximum Gasteiger partial charge on any atom is 0.0300 e. The van der Waals surface area contributed by atoms with Gasteiger partial charge in [0.25, 0.3) is 0 Å². The molecule has 0 heterocycles. The van der Waals surface area contributed by atoms with Crippen LogP contribution < -0.4 is 5.32 Å². The van der Waals surface area contributed by atoms with Crippen LogP contribution in [0, 0.1) is 17.8 Å². The standard InChI is InChI=1S/C17H34N2/c1-6-9-18-16(17(2,3)19(4)5)12-15-11-13-7-8-14(15)10-13/h13-16,18H,6-12H2,1-5H3. The molecule has 2 nitrogen and oxygen atoms in total. The lowest BCUT2D eigenvalue weighted by Crippen LogP contribution is -2.56. The van der Waals surface area contributed by atoms with Crippen molar-refractivity contribution in [2.75, 3.05) is 20.6 Å². The van der Waals surface area contributed by atoms with E-state index in [0.29, 0.717) is 6.04 Å². The lowest BCUT2D eigenvalue weighted by Gasteiger charge is -2.43. The molecule has 0 radical (unpaired) electrons. The quantitative estimate of drug-likeness (QED) is 0.758. The van der Waals surface area contributed by atoms with Gasteiger partial charge in [0, 0.05) is 11.6 Å². The third kappa shape index (κ3) is 3.33. The Hall–Kier alpha value is -0.0800. The van der Waals surface area contributed by atoms with E-state index in [0.717, 1.165) is 24.3 Å². The van der Waals surface area contributed by atoms with Gasteiger partial charge in [-0.05, 0) is 84.3 Å². The highest BCUT2D eigenvalue weighted by Crippen LogP contribution is 2.50. The topological polar surface area (TPSA) is 15.3 Å². The molecule has 2 bridgehead atoms. The van der Waals surface area contributed by atoms with Crippen LogP contribution >= 0.6 is 0 Å². The zero-order chi connectivity index (χ0) is 14.0. The molecule has 2 aliphatic rings. The van der Waals surface area contributed by atoms with Crippen molar-refractivity contribution < 1.29 is 0 Å². The second-order valence-corrected chi connectivity index (χ2v) is 7.73. The largest absolute Gasteiger partial charge is 0.312 e. The summed E-state index contributed by atoms with van der Waals surface area (Å²) < 4.78 is 0. The van der Waals surface area contributed by atoms with E-state index in [1.807, 2.05) is 0 Å². The van der Waals surface area contributed by atoms with Crippen LogP contribution in [-0.2, 0) is 0 Å². The fourth-order valence-corrected chi connectivity index (χ4v) is 4.22. The number of nitrogens with one attached hydrogen (secondary N) is 1. The van der Waals surface area contributed by atoms with Crippen molar-refractivity contribution in [1.82, 2.24) is 10.2 Å². The molecular weight excluding hydrogens is 232 g/mol. The monoisotopic (exact) mass is 266 g/mol. The predicted molar refractivity (Wildman–Crippen MR) is 83.4 cm³/mol. The van der Waals surface area contributed by atoms with Crippen LogP contribution in [0.15, 0.2) is 0 Å². The van der Waals surface area contributed by atoms with E-state index in [9.17, 15) is 0 Å². The molecule has 0 aromatic rings. The highest BCUT2D eigenvalue weighted by atomic mass is 15.2. The van der Waals surface area contributed by atoms with Crippen molar-refractivity contribution in [2.45, 2.75) is 70.9 Å². The SMILES string of the molecule is CCCNC(CC1CC2CCC1C2)C(C)(C)N(C)C. The first-order valence-electron chi connectivity index (χ1n) is 8.36. The minimum absolute atomic E-state index is 0.247. The lowest BCUT2D eigenvalue weighted by molar-refractivity contribution is 0.112. The van der Waals surface area contributed by atoms with Crippen molar-refractivity contribution in [3.63, 3.8) is 0 Å². The van der Waals surface area contributed by atoms with Crippen molar-refractivity contribution in [2.24, 2.45) is 17.8 Å². The van der Waals surface area contributed by atoms with Crippen LogP contribution in [0.25, 0.3) is 0 Å². The first-order valence-corrected chi connectivity index (χ1v) is 8.36. The van der Waals surface area contributed by atoms with E-state index >= 15 is 0 Å². The van der Waals surface area contributed by atoms with Gasteiger partial charge in [0.1, 0.15) is 0 Å². The van der Waals surface area contributed by atoms with E-state index in [1.165, 1.54) is 38.5 Å². The molecule has 4 unspecified atom stereocenters. The number of rotatable bonds is 7. The Morgan fingerprint density at radius 3 is 2.42 bits per heavy atom. The number of hydrogen-bond acceptors (Lipinski definition) is 2. The Bertz CT molecular complexity index is 285. The van der Waals surface area contributed by atoms with E-state index < -0.39 is 0 Å². The van der Waals surface area contributed by atoms with Gasteiger partial charge in [-0.15, -0.1) is 0 Å². The van der Waals surface area contributed by atoms with Gasteiger partial charge in [-0.2, -0.15) is 0 Å². The summed E-state index contributed by atoms with van der Waals surface area (Å²) in [5, 5.41) is 3.84. The number of nitrogens with zero attached hydrogens (tertiary/aromatic N) is 1. The highest BCUT2D eigenvalue weighted by Gasteiger charge is 2.42. The summed E-state index contributed by atoms with van der Waals surface area (Å²) in [4.78, 5) is 2.40. The van der Waals surface area contributed by atoms with E-state index in [2.05, 4.69) is 45.1 Å². The van der Waals surface area contributed by atoms with Crippen LogP contribution in [0.4, 0.5) is 0 Å². The van der Waals surface area contributed by atoms with Gasteiger partial charge in [0.15, 0.2) is 0 Å². The van der Waals surface area contributed by atoms with Gasteiger partial charge < -0.3 is 10.2 Å². The maximum atomic E-state index is 3.84. The average molecular weight is 266 g/mol. The van der Waals surface area contributed by atoms with E-state index in [4.69, 9.17) is 0 Å². The maximum absolute atomic E-state index is 3.84.